The predicted octanol–water partition coefficient (Wildman–Crippen LogP) is 2.67. The molecule has 2 aliphatic carbocycles. The van der Waals surface area contributed by atoms with Crippen LogP contribution < -0.4 is 0 Å². The number of β-amino-alcohol motifs (C(OH)–C–C–N with tert-alkyl or cyclic N) is 1. The molecule has 4 atom stereocenters. The van der Waals surface area contributed by atoms with Crippen LogP contribution in [0.3, 0.4) is 0 Å². The quantitative estimate of drug-likeness (QED) is 0.827. The van der Waals surface area contributed by atoms with Crippen LogP contribution in [0.5, 0.6) is 0 Å². The van der Waals surface area contributed by atoms with Crippen molar-refractivity contribution in [3.8, 4) is 0 Å². The van der Waals surface area contributed by atoms with E-state index in [0.29, 0.717) is 11.3 Å². The van der Waals surface area contributed by atoms with E-state index >= 15 is 0 Å². The van der Waals surface area contributed by atoms with Crippen molar-refractivity contribution >= 4 is 0 Å². The Bertz CT molecular complexity index is 435. The van der Waals surface area contributed by atoms with Gasteiger partial charge in [0.25, 0.3) is 0 Å². The maximum absolute atomic E-state index is 11.7. The Labute approximate surface area is 147 Å². The van der Waals surface area contributed by atoms with Gasteiger partial charge in [-0.3, -0.25) is 4.90 Å². The first-order valence-corrected chi connectivity index (χ1v) is 9.95. The molecule has 1 heterocycles. The molecular weight excluding hydrogens is 302 g/mol. The van der Waals surface area contributed by atoms with Crippen molar-refractivity contribution in [1.29, 1.82) is 0 Å². The van der Waals surface area contributed by atoms with Crippen molar-refractivity contribution < 1.29 is 14.9 Å². The third-order valence-corrected chi connectivity index (χ3v) is 7.61. The van der Waals surface area contributed by atoms with Gasteiger partial charge in [0.05, 0.1) is 18.8 Å². The minimum atomic E-state index is -0.668. The second kappa shape index (κ2) is 6.86. The molecule has 0 amide bonds. The van der Waals surface area contributed by atoms with E-state index in [4.69, 9.17) is 4.74 Å². The van der Waals surface area contributed by atoms with Crippen LogP contribution in [-0.2, 0) is 4.74 Å². The molecule has 2 N–H and O–H groups in total. The largest absolute Gasteiger partial charge is 0.396 e. The zero-order chi connectivity index (χ0) is 17.4. The maximum atomic E-state index is 11.7. The lowest BCUT2D eigenvalue weighted by Gasteiger charge is -2.62. The molecule has 0 aromatic carbocycles. The first-order valence-electron chi connectivity index (χ1n) is 9.95. The van der Waals surface area contributed by atoms with E-state index in [9.17, 15) is 10.2 Å². The average molecular weight is 340 g/mol. The highest BCUT2D eigenvalue weighted by molar-refractivity contribution is 5.09. The topological polar surface area (TPSA) is 52.9 Å². The normalized spacial score (nSPS) is 43.4. The molecule has 0 bridgehead atoms. The van der Waals surface area contributed by atoms with Crippen LogP contribution in [0, 0.1) is 22.7 Å². The number of fused-ring (bicyclic) bond motifs is 1. The number of hydrogen-bond donors (Lipinski definition) is 2. The van der Waals surface area contributed by atoms with E-state index in [0.717, 1.165) is 52.1 Å². The minimum Gasteiger partial charge on any atom is -0.396 e. The molecule has 140 valence electrons. The Morgan fingerprint density at radius 1 is 1.08 bits per heavy atom. The molecule has 24 heavy (non-hydrogen) atoms. The van der Waals surface area contributed by atoms with Crippen molar-refractivity contribution in [2.24, 2.45) is 22.7 Å². The molecule has 0 radical (unpaired) electrons. The lowest BCUT2D eigenvalue weighted by atomic mass is 9.45. The molecule has 1 unspecified atom stereocenters. The molecule has 3 rings (SSSR count). The summed E-state index contributed by atoms with van der Waals surface area (Å²) in [6, 6.07) is 0. The fraction of sp³-hybridized carbons (Fsp3) is 1.00. The van der Waals surface area contributed by atoms with Crippen molar-refractivity contribution in [3.63, 3.8) is 0 Å². The van der Waals surface area contributed by atoms with Crippen molar-refractivity contribution in [2.45, 2.75) is 64.9 Å². The number of nitrogens with zero attached hydrogens (tertiary/aromatic N) is 1. The Balaban J connectivity index is 1.85. The summed E-state index contributed by atoms with van der Waals surface area (Å²) in [6.45, 7) is 11.5. The third-order valence-electron chi connectivity index (χ3n) is 7.61. The van der Waals surface area contributed by atoms with Crippen LogP contribution in [0.4, 0.5) is 0 Å². The lowest BCUT2D eigenvalue weighted by molar-refractivity contribution is -0.189. The predicted molar refractivity (Wildman–Crippen MR) is 95.9 cm³/mol. The number of morpholine rings is 1. The minimum absolute atomic E-state index is 0.143. The lowest BCUT2D eigenvalue weighted by Crippen LogP contribution is -2.62. The Morgan fingerprint density at radius 3 is 2.46 bits per heavy atom. The van der Waals surface area contributed by atoms with E-state index in [2.05, 4.69) is 25.7 Å². The van der Waals surface area contributed by atoms with Gasteiger partial charge >= 0.3 is 0 Å². The van der Waals surface area contributed by atoms with Gasteiger partial charge in [-0.2, -0.15) is 0 Å². The van der Waals surface area contributed by atoms with Gasteiger partial charge in [0.2, 0.25) is 0 Å². The summed E-state index contributed by atoms with van der Waals surface area (Å²) < 4.78 is 5.47. The van der Waals surface area contributed by atoms with Crippen LogP contribution in [0.2, 0.25) is 0 Å². The number of aliphatic hydroxyl groups is 2. The number of rotatable bonds is 4. The summed E-state index contributed by atoms with van der Waals surface area (Å²) in [6.07, 6.45) is 6.45. The second-order valence-corrected chi connectivity index (χ2v) is 9.50. The molecule has 0 spiro atoms. The van der Waals surface area contributed by atoms with Crippen LogP contribution in [0.1, 0.15) is 59.3 Å². The van der Waals surface area contributed by atoms with Gasteiger partial charge in [-0.05, 0) is 54.8 Å². The molecule has 1 saturated heterocycles. The van der Waals surface area contributed by atoms with Gasteiger partial charge in [0.1, 0.15) is 0 Å². The van der Waals surface area contributed by atoms with Gasteiger partial charge in [-0.15, -0.1) is 0 Å². The number of aliphatic hydroxyl groups excluding tert-OH is 1. The Morgan fingerprint density at radius 2 is 1.79 bits per heavy atom. The fourth-order valence-electron chi connectivity index (χ4n) is 6.55. The van der Waals surface area contributed by atoms with Gasteiger partial charge in [-0.1, -0.05) is 27.2 Å². The molecule has 0 aromatic heterocycles. The Kier molecular flexibility index (Phi) is 5.33. The van der Waals surface area contributed by atoms with E-state index in [1.807, 2.05) is 0 Å². The molecule has 1 aliphatic heterocycles. The van der Waals surface area contributed by atoms with E-state index in [-0.39, 0.29) is 17.9 Å². The van der Waals surface area contributed by atoms with Gasteiger partial charge in [0.15, 0.2) is 0 Å². The smallest absolute Gasteiger partial charge is 0.0808 e. The molecule has 0 aromatic rings. The zero-order valence-corrected chi connectivity index (χ0v) is 15.9. The van der Waals surface area contributed by atoms with Crippen LogP contribution >= 0.6 is 0 Å². The molecule has 3 aliphatic rings. The first kappa shape index (κ1) is 18.6. The van der Waals surface area contributed by atoms with Crippen molar-refractivity contribution in [2.75, 3.05) is 39.5 Å². The van der Waals surface area contributed by atoms with Crippen molar-refractivity contribution in [1.82, 2.24) is 4.90 Å². The molecule has 4 heteroatoms. The van der Waals surface area contributed by atoms with Crippen LogP contribution in [-0.4, -0.2) is 60.2 Å². The maximum Gasteiger partial charge on any atom is 0.0808 e. The van der Waals surface area contributed by atoms with Crippen molar-refractivity contribution in [3.05, 3.63) is 0 Å². The van der Waals surface area contributed by atoms with Gasteiger partial charge in [0, 0.05) is 26.2 Å². The highest BCUT2D eigenvalue weighted by Crippen LogP contribution is 2.62. The standard InChI is InChI=1S/C20H37NO3/c1-18(2)7-4-8-19(3)16(18)5-9-20(23,17(19)6-12-22)15-21-10-13-24-14-11-21/h16-17,22-23H,4-15H2,1-3H3/t16-,17+,19-,20?/m0/s1. The van der Waals surface area contributed by atoms with Crippen LogP contribution in [0.25, 0.3) is 0 Å². The highest BCUT2D eigenvalue weighted by atomic mass is 16.5. The summed E-state index contributed by atoms with van der Waals surface area (Å²) in [5, 5.41) is 21.4. The highest BCUT2D eigenvalue weighted by Gasteiger charge is 2.59. The SMILES string of the molecule is CC1(C)CCC[C@@]2(C)[C@H]1CCC(O)(CN1CCOCC1)[C@@H]2CCO. The van der Waals surface area contributed by atoms with E-state index < -0.39 is 5.60 Å². The van der Waals surface area contributed by atoms with Gasteiger partial charge < -0.3 is 14.9 Å². The summed E-state index contributed by atoms with van der Waals surface area (Å²) in [4.78, 5) is 2.37. The molecular formula is C20H37NO3. The second-order valence-electron chi connectivity index (χ2n) is 9.50. The zero-order valence-electron chi connectivity index (χ0n) is 15.9. The number of hydrogen-bond acceptors (Lipinski definition) is 4. The Hall–Kier alpha value is -0.160. The summed E-state index contributed by atoms with van der Waals surface area (Å²) in [5.41, 5.74) is -0.177. The summed E-state index contributed by atoms with van der Waals surface area (Å²) in [7, 11) is 0. The first-order chi connectivity index (χ1) is 11.3. The molecule has 3 fully saturated rings. The van der Waals surface area contributed by atoms with E-state index in [1.54, 1.807) is 0 Å². The number of ether oxygens (including phenoxy) is 1. The van der Waals surface area contributed by atoms with Crippen LogP contribution in [0.15, 0.2) is 0 Å². The third kappa shape index (κ3) is 3.27. The monoisotopic (exact) mass is 339 g/mol. The average Bonchev–Trinajstić information content (AvgIpc) is 2.51. The molecule has 2 saturated carbocycles. The van der Waals surface area contributed by atoms with E-state index in [1.165, 1.54) is 19.3 Å². The molecule has 4 nitrogen and oxygen atoms in total. The summed E-state index contributed by atoms with van der Waals surface area (Å²) >= 11 is 0. The van der Waals surface area contributed by atoms with Gasteiger partial charge in [-0.25, -0.2) is 0 Å². The summed E-state index contributed by atoms with van der Waals surface area (Å²) in [5.74, 6) is 0.844. The fourth-order valence-corrected chi connectivity index (χ4v) is 6.55.